The van der Waals surface area contributed by atoms with E-state index >= 15 is 0 Å². The molecule has 0 radical (unpaired) electrons. The molecule has 5 heterocycles. The highest BCUT2D eigenvalue weighted by Crippen LogP contribution is 2.52. The molecule has 9 heteroatoms. The molecule has 0 saturated carbocycles. The monoisotopic (exact) mass is 1240 g/mol. The Morgan fingerprint density at radius 3 is 1.39 bits per heavy atom. The number of nitrogens with zero attached hydrogens (tertiary/aromatic N) is 8. The third-order valence-electron chi connectivity index (χ3n) is 20.1. The van der Waals surface area contributed by atoms with Crippen molar-refractivity contribution in [3.05, 3.63) is 333 Å². The van der Waals surface area contributed by atoms with Crippen LogP contribution in [0.3, 0.4) is 0 Å². The highest BCUT2D eigenvalue weighted by atomic mass is 15.2. The second-order valence-electron chi connectivity index (χ2n) is 25.9. The Balaban J connectivity index is 0.751. The largest absolute Gasteiger partial charge is 0.311 e. The molecule has 0 N–H and O–H groups in total. The quantitative estimate of drug-likeness (QED) is 0.126. The van der Waals surface area contributed by atoms with Crippen LogP contribution in [-0.4, -0.2) is 36.2 Å². The standard InChI is InChI=1S/C88H59BN8/c1-88(2)70-34-17-15-32-65(70)67-53-68-66-33-16-20-37-76(66)97(82(68)54-71(67)88)77-51-48-62(86-90-74(58-24-7-3-8-25-58)55-75(91-86)59-26-9-4-10-27-59)52-69(77)87-93-84(60-28-11-5-12-29-60)92-85(94-87)61-44-42-56(43-45-61)57-46-49-64(50-47-57)96-79-39-22-19-36-73(79)89-72-35-18-21-38-78(72)95(63-30-13-6-14-31-63)80-40-23-41-81(96)83(80)89/h3-55H,1-2H3. The topological polar surface area (TPSA) is 75.9 Å². The lowest BCUT2D eigenvalue weighted by atomic mass is 9.33. The summed E-state index contributed by atoms with van der Waals surface area (Å²) in [6.45, 7) is 4.77. The van der Waals surface area contributed by atoms with Gasteiger partial charge in [-0.3, -0.25) is 0 Å². The Labute approximate surface area is 562 Å². The molecule has 454 valence electrons. The van der Waals surface area contributed by atoms with Crippen LogP contribution in [0, 0.1) is 0 Å². The normalized spacial score (nSPS) is 13.1. The van der Waals surface area contributed by atoms with Crippen LogP contribution in [0.2, 0.25) is 0 Å². The summed E-state index contributed by atoms with van der Waals surface area (Å²) in [5.74, 6) is 2.22. The number of fused-ring (bicyclic) bond motifs is 10. The van der Waals surface area contributed by atoms with Gasteiger partial charge in [0.1, 0.15) is 0 Å². The summed E-state index contributed by atoms with van der Waals surface area (Å²) in [6, 6.07) is 115. The number of aromatic nitrogens is 6. The minimum atomic E-state index is -0.230. The van der Waals surface area contributed by atoms with Gasteiger partial charge in [-0.2, -0.15) is 0 Å². The lowest BCUT2D eigenvalue weighted by molar-refractivity contribution is 0.661. The maximum Gasteiger partial charge on any atom is 0.252 e. The Bertz CT molecular complexity index is 5740. The van der Waals surface area contributed by atoms with Gasteiger partial charge >= 0.3 is 0 Å². The van der Waals surface area contributed by atoms with Gasteiger partial charge in [-0.05, 0) is 141 Å². The SMILES string of the molecule is CC1(C)c2ccccc2-c2cc3c4ccccc4n(-c4ccc(-c5nc(-c6ccccc6)cc(-c6ccccc6)n5)cc4-c4nc(-c5ccccc5)nc(-c5ccc(-c6ccc(N7c8ccccc8B8c9ccccc9N(c9ccccc9)c9cccc7c98)cc6)cc5)n4)c3cc21. The molecular formula is C88H59BN8. The van der Waals surface area contributed by atoms with Gasteiger partial charge in [0.2, 0.25) is 0 Å². The first-order chi connectivity index (χ1) is 47.9. The number of hydrogen-bond donors (Lipinski definition) is 0. The fourth-order valence-electron chi connectivity index (χ4n) is 15.5. The van der Waals surface area contributed by atoms with Crippen molar-refractivity contribution in [1.82, 2.24) is 29.5 Å². The molecule has 97 heavy (non-hydrogen) atoms. The van der Waals surface area contributed by atoms with Crippen LogP contribution in [0.5, 0.6) is 0 Å². The first-order valence-electron chi connectivity index (χ1n) is 33.2. The van der Waals surface area contributed by atoms with E-state index < -0.39 is 0 Å². The summed E-state index contributed by atoms with van der Waals surface area (Å²) in [5.41, 5.74) is 28.1. The van der Waals surface area contributed by atoms with E-state index in [9.17, 15) is 0 Å². The van der Waals surface area contributed by atoms with Gasteiger partial charge in [0.05, 0.1) is 28.1 Å². The predicted octanol–water partition coefficient (Wildman–Crippen LogP) is 19.8. The molecule has 0 amide bonds. The van der Waals surface area contributed by atoms with Crippen LogP contribution < -0.4 is 26.2 Å². The average molecular weight is 1240 g/mol. The molecule has 16 aromatic rings. The van der Waals surface area contributed by atoms with Crippen molar-refractivity contribution >= 4 is 79.0 Å². The zero-order valence-corrected chi connectivity index (χ0v) is 53.3. The van der Waals surface area contributed by atoms with Gasteiger partial charge in [-0.15, -0.1) is 0 Å². The van der Waals surface area contributed by atoms with Crippen LogP contribution in [0.15, 0.2) is 322 Å². The molecule has 0 spiro atoms. The van der Waals surface area contributed by atoms with Gasteiger partial charge in [-0.25, -0.2) is 24.9 Å². The summed E-state index contributed by atoms with van der Waals surface area (Å²) in [6.07, 6.45) is 0. The maximum atomic E-state index is 5.58. The molecule has 13 aromatic carbocycles. The van der Waals surface area contributed by atoms with Crippen molar-refractivity contribution in [2.45, 2.75) is 19.3 Å². The fourth-order valence-corrected chi connectivity index (χ4v) is 15.5. The third kappa shape index (κ3) is 9.11. The second-order valence-corrected chi connectivity index (χ2v) is 25.9. The Morgan fingerprint density at radius 1 is 0.278 bits per heavy atom. The first kappa shape index (κ1) is 56.0. The van der Waals surface area contributed by atoms with Gasteiger partial charge in [0.15, 0.2) is 23.3 Å². The fraction of sp³-hybridized carbons (Fsp3) is 0.0341. The molecule has 0 unspecified atom stereocenters. The highest BCUT2D eigenvalue weighted by Gasteiger charge is 2.43. The van der Waals surface area contributed by atoms with Crippen molar-refractivity contribution in [2.75, 3.05) is 9.80 Å². The Kier molecular flexibility index (Phi) is 12.9. The molecule has 0 saturated heterocycles. The van der Waals surface area contributed by atoms with E-state index in [1.54, 1.807) is 0 Å². The lowest BCUT2D eigenvalue weighted by Gasteiger charge is -2.44. The molecule has 3 aromatic heterocycles. The summed E-state index contributed by atoms with van der Waals surface area (Å²) < 4.78 is 2.42. The zero-order valence-electron chi connectivity index (χ0n) is 53.3. The van der Waals surface area contributed by atoms with E-state index in [0.717, 1.165) is 89.4 Å². The number of benzene rings is 13. The van der Waals surface area contributed by atoms with Gasteiger partial charge in [0.25, 0.3) is 6.71 Å². The number of para-hydroxylation sites is 4. The predicted molar refractivity (Wildman–Crippen MR) is 399 cm³/mol. The number of anilines is 6. The first-order valence-corrected chi connectivity index (χ1v) is 33.2. The molecule has 0 atom stereocenters. The minimum absolute atomic E-state index is 0.0725. The minimum Gasteiger partial charge on any atom is -0.311 e. The Morgan fingerprint density at radius 2 is 0.753 bits per heavy atom. The van der Waals surface area contributed by atoms with E-state index in [4.69, 9.17) is 24.9 Å². The van der Waals surface area contributed by atoms with E-state index in [-0.39, 0.29) is 12.1 Å². The van der Waals surface area contributed by atoms with E-state index in [1.165, 1.54) is 66.8 Å². The van der Waals surface area contributed by atoms with Crippen LogP contribution in [-0.2, 0) is 5.41 Å². The highest BCUT2D eigenvalue weighted by molar-refractivity contribution is 7.00. The van der Waals surface area contributed by atoms with Gasteiger partial charge < -0.3 is 14.4 Å². The molecular weight excluding hydrogens is 1180 g/mol. The molecule has 0 fully saturated rings. The summed E-state index contributed by atoms with van der Waals surface area (Å²) >= 11 is 0. The smallest absolute Gasteiger partial charge is 0.252 e. The summed E-state index contributed by atoms with van der Waals surface area (Å²) in [4.78, 5) is 32.0. The molecule has 0 bridgehead atoms. The maximum absolute atomic E-state index is 5.58. The van der Waals surface area contributed by atoms with Crippen LogP contribution in [0.4, 0.5) is 34.1 Å². The number of hydrogen-bond acceptors (Lipinski definition) is 7. The molecule has 19 rings (SSSR count). The molecule has 2 aliphatic heterocycles. The van der Waals surface area contributed by atoms with Crippen molar-refractivity contribution in [3.8, 4) is 96.0 Å². The van der Waals surface area contributed by atoms with E-state index in [2.05, 4.69) is 319 Å². The van der Waals surface area contributed by atoms with E-state index in [1.807, 2.05) is 30.3 Å². The molecule has 1 aliphatic carbocycles. The number of rotatable bonds is 10. The zero-order chi connectivity index (χ0) is 64.3. The van der Waals surface area contributed by atoms with Crippen LogP contribution in [0.25, 0.3) is 118 Å². The second kappa shape index (κ2) is 22.3. The van der Waals surface area contributed by atoms with Crippen molar-refractivity contribution in [2.24, 2.45) is 0 Å². The third-order valence-corrected chi connectivity index (χ3v) is 20.1. The van der Waals surface area contributed by atoms with Gasteiger partial charge in [0, 0.05) is 83.7 Å². The molecule has 8 nitrogen and oxygen atoms in total. The molecule has 3 aliphatic rings. The summed E-state index contributed by atoms with van der Waals surface area (Å²) in [5, 5.41) is 2.33. The van der Waals surface area contributed by atoms with Crippen molar-refractivity contribution in [3.63, 3.8) is 0 Å². The van der Waals surface area contributed by atoms with Crippen LogP contribution in [0.1, 0.15) is 25.0 Å². The van der Waals surface area contributed by atoms with E-state index in [0.29, 0.717) is 23.3 Å². The van der Waals surface area contributed by atoms with Crippen molar-refractivity contribution < 1.29 is 0 Å². The average Bonchev–Trinajstić information content (AvgIpc) is 1.33. The Hall–Kier alpha value is -12.6. The van der Waals surface area contributed by atoms with Crippen LogP contribution >= 0.6 is 0 Å². The van der Waals surface area contributed by atoms with Crippen molar-refractivity contribution in [1.29, 1.82) is 0 Å². The summed E-state index contributed by atoms with van der Waals surface area (Å²) in [7, 11) is 0. The van der Waals surface area contributed by atoms with Gasteiger partial charge in [-0.1, -0.05) is 244 Å². The lowest BCUT2D eigenvalue weighted by Crippen LogP contribution is -2.61.